The van der Waals surface area contributed by atoms with Gasteiger partial charge < -0.3 is 10.6 Å². The predicted molar refractivity (Wildman–Crippen MR) is 68.3 cm³/mol. The van der Waals surface area contributed by atoms with Crippen LogP contribution in [-0.4, -0.2) is 18.0 Å². The van der Waals surface area contributed by atoms with E-state index in [1.54, 1.807) is 0 Å². The van der Waals surface area contributed by atoms with Gasteiger partial charge in [0, 0.05) is 23.3 Å². The Morgan fingerprint density at radius 1 is 1.18 bits per heavy atom. The van der Waals surface area contributed by atoms with Gasteiger partial charge >= 0.3 is 0 Å². The minimum Gasteiger partial charge on any atom is -0.382 e. The van der Waals surface area contributed by atoms with Gasteiger partial charge in [-0.25, -0.2) is 0 Å². The van der Waals surface area contributed by atoms with Gasteiger partial charge in [-0.1, -0.05) is 0 Å². The molecule has 2 aliphatic rings. The van der Waals surface area contributed by atoms with E-state index in [1.807, 2.05) is 18.2 Å². The highest BCUT2D eigenvalue weighted by Crippen LogP contribution is 2.27. The number of nitrogens with one attached hydrogen (secondary N) is 2. The van der Waals surface area contributed by atoms with E-state index >= 15 is 0 Å². The van der Waals surface area contributed by atoms with Gasteiger partial charge in [-0.15, -0.1) is 0 Å². The van der Waals surface area contributed by atoms with Crippen LogP contribution in [0.15, 0.2) is 18.2 Å². The SMILES string of the molecule is Cc1cc(C(=O)NC2CC2)ccc1NC1CC1. The van der Waals surface area contributed by atoms with E-state index in [4.69, 9.17) is 0 Å². The Labute approximate surface area is 102 Å². The van der Waals surface area contributed by atoms with E-state index in [1.165, 1.54) is 12.8 Å². The zero-order chi connectivity index (χ0) is 11.8. The maximum atomic E-state index is 11.9. The van der Waals surface area contributed by atoms with Crippen LogP contribution < -0.4 is 10.6 Å². The fraction of sp³-hybridized carbons (Fsp3) is 0.500. The first-order chi connectivity index (χ1) is 8.22. The van der Waals surface area contributed by atoms with E-state index in [9.17, 15) is 4.79 Å². The highest BCUT2D eigenvalue weighted by molar-refractivity contribution is 5.95. The Morgan fingerprint density at radius 2 is 1.88 bits per heavy atom. The van der Waals surface area contributed by atoms with Gasteiger partial charge in [-0.2, -0.15) is 0 Å². The zero-order valence-electron chi connectivity index (χ0n) is 10.1. The zero-order valence-corrected chi connectivity index (χ0v) is 10.1. The van der Waals surface area contributed by atoms with Gasteiger partial charge in [-0.3, -0.25) is 4.79 Å². The second kappa shape index (κ2) is 4.06. The fourth-order valence-corrected chi connectivity index (χ4v) is 1.91. The molecule has 3 heteroatoms. The number of aryl methyl sites for hydroxylation is 1. The van der Waals surface area contributed by atoms with Crippen molar-refractivity contribution in [3.63, 3.8) is 0 Å². The Kier molecular flexibility index (Phi) is 2.54. The van der Waals surface area contributed by atoms with Gasteiger partial charge in [0.05, 0.1) is 0 Å². The first-order valence-electron chi connectivity index (χ1n) is 6.40. The fourth-order valence-electron chi connectivity index (χ4n) is 1.91. The third-order valence-electron chi connectivity index (χ3n) is 3.34. The van der Waals surface area contributed by atoms with Crippen LogP contribution in [0.3, 0.4) is 0 Å². The molecular weight excluding hydrogens is 212 g/mol. The molecule has 3 nitrogen and oxygen atoms in total. The van der Waals surface area contributed by atoms with E-state index < -0.39 is 0 Å². The van der Waals surface area contributed by atoms with Crippen LogP contribution in [0.5, 0.6) is 0 Å². The average molecular weight is 230 g/mol. The maximum Gasteiger partial charge on any atom is 0.251 e. The third kappa shape index (κ3) is 2.60. The number of carbonyl (C=O) groups excluding carboxylic acids is 1. The van der Waals surface area contributed by atoms with Crippen molar-refractivity contribution < 1.29 is 4.79 Å². The third-order valence-corrected chi connectivity index (χ3v) is 3.34. The molecule has 0 unspecified atom stereocenters. The lowest BCUT2D eigenvalue weighted by atomic mass is 10.1. The van der Waals surface area contributed by atoms with Crippen LogP contribution in [0.4, 0.5) is 5.69 Å². The monoisotopic (exact) mass is 230 g/mol. The Balaban J connectivity index is 1.71. The molecule has 0 aliphatic heterocycles. The number of benzene rings is 1. The molecule has 90 valence electrons. The van der Waals surface area contributed by atoms with Crippen LogP contribution in [0.25, 0.3) is 0 Å². The summed E-state index contributed by atoms with van der Waals surface area (Å²) in [5, 5.41) is 6.48. The minimum atomic E-state index is 0.0635. The summed E-state index contributed by atoms with van der Waals surface area (Å²) in [4.78, 5) is 11.9. The van der Waals surface area contributed by atoms with Gasteiger partial charge in [0.25, 0.3) is 5.91 Å². The van der Waals surface area contributed by atoms with Crippen molar-refractivity contribution in [1.29, 1.82) is 0 Å². The first kappa shape index (κ1) is 10.6. The summed E-state index contributed by atoms with van der Waals surface area (Å²) in [5.74, 6) is 0.0635. The lowest BCUT2D eigenvalue weighted by Gasteiger charge is -2.10. The summed E-state index contributed by atoms with van der Waals surface area (Å²) >= 11 is 0. The molecule has 0 radical (unpaired) electrons. The standard InChI is InChI=1S/C14H18N2O/c1-9-8-10(14(17)16-12-5-6-12)2-7-13(9)15-11-3-4-11/h2,7-8,11-12,15H,3-6H2,1H3,(H,16,17). The van der Waals surface area contributed by atoms with Crippen molar-refractivity contribution in [1.82, 2.24) is 5.32 Å². The molecule has 0 bridgehead atoms. The van der Waals surface area contributed by atoms with Crippen LogP contribution in [-0.2, 0) is 0 Å². The lowest BCUT2D eigenvalue weighted by Crippen LogP contribution is -2.25. The summed E-state index contributed by atoms with van der Waals surface area (Å²) < 4.78 is 0. The molecule has 1 aromatic rings. The second-order valence-corrected chi connectivity index (χ2v) is 5.20. The highest BCUT2D eigenvalue weighted by Gasteiger charge is 2.24. The molecule has 2 aliphatic carbocycles. The van der Waals surface area contributed by atoms with Crippen molar-refractivity contribution >= 4 is 11.6 Å². The number of amides is 1. The van der Waals surface area contributed by atoms with Crippen LogP contribution in [0.2, 0.25) is 0 Å². The number of hydrogen-bond donors (Lipinski definition) is 2. The van der Waals surface area contributed by atoms with E-state index in [0.29, 0.717) is 12.1 Å². The predicted octanol–water partition coefficient (Wildman–Crippen LogP) is 2.46. The van der Waals surface area contributed by atoms with E-state index in [0.717, 1.165) is 29.7 Å². The van der Waals surface area contributed by atoms with E-state index in [-0.39, 0.29) is 5.91 Å². The summed E-state index contributed by atoms with van der Waals surface area (Å²) in [6.45, 7) is 2.05. The molecule has 0 saturated heterocycles. The summed E-state index contributed by atoms with van der Waals surface area (Å²) in [5.41, 5.74) is 3.09. The summed E-state index contributed by atoms with van der Waals surface area (Å²) in [6.07, 6.45) is 4.80. The number of carbonyl (C=O) groups is 1. The first-order valence-corrected chi connectivity index (χ1v) is 6.40. The van der Waals surface area contributed by atoms with Gasteiger partial charge in [0.15, 0.2) is 0 Å². The molecular formula is C14H18N2O. The lowest BCUT2D eigenvalue weighted by molar-refractivity contribution is 0.0951. The van der Waals surface area contributed by atoms with E-state index in [2.05, 4.69) is 17.6 Å². The van der Waals surface area contributed by atoms with Crippen molar-refractivity contribution in [2.24, 2.45) is 0 Å². The van der Waals surface area contributed by atoms with Crippen LogP contribution >= 0.6 is 0 Å². The normalized spacial score (nSPS) is 18.9. The van der Waals surface area contributed by atoms with Crippen molar-refractivity contribution in [2.75, 3.05) is 5.32 Å². The second-order valence-electron chi connectivity index (χ2n) is 5.20. The minimum absolute atomic E-state index is 0.0635. The van der Waals surface area contributed by atoms with Gasteiger partial charge in [0.1, 0.15) is 0 Å². The van der Waals surface area contributed by atoms with Crippen molar-refractivity contribution in [3.05, 3.63) is 29.3 Å². The smallest absolute Gasteiger partial charge is 0.251 e. The largest absolute Gasteiger partial charge is 0.382 e. The molecule has 1 amide bonds. The number of anilines is 1. The quantitative estimate of drug-likeness (QED) is 0.834. The Hall–Kier alpha value is -1.51. The van der Waals surface area contributed by atoms with Crippen molar-refractivity contribution in [3.8, 4) is 0 Å². The Morgan fingerprint density at radius 3 is 2.47 bits per heavy atom. The molecule has 0 aromatic heterocycles. The number of hydrogen-bond acceptors (Lipinski definition) is 2. The molecule has 17 heavy (non-hydrogen) atoms. The number of rotatable bonds is 4. The Bertz CT molecular complexity index is 448. The van der Waals surface area contributed by atoms with Crippen LogP contribution in [0, 0.1) is 6.92 Å². The molecule has 2 saturated carbocycles. The van der Waals surface area contributed by atoms with Crippen molar-refractivity contribution in [2.45, 2.75) is 44.7 Å². The average Bonchev–Trinajstić information content (AvgIpc) is 3.15. The molecule has 2 N–H and O–H groups in total. The molecule has 1 aromatic carbocycles. The highest BCUT2D eigenvalue weighted by atomic mass is 16.1. The summed E-state index contributed by atoms with van der Waals surface area (Å²) in [6, 6.07) is 6.99. The van der Waals surface area contributed by atoms with Gasteiger partial charge in [0.2, 0.25) is 0 Å². The molecule has 0 atom stereocenters. The molecule has 3 rings (SSSR count). The molecule has 2 fully saturated rings. The molecule has 0 heterocycles. The summed E-state index contributed by atoms with van der Waals surface area (Å²) in [7, 11) is 0. The van der Waals surface area contributed by atoms with Gasteiger partial charge in [-0.05, 0) is 56.4 Å². The topological polar surface area (TPSA) is 41.1 Å². The van der Waals surface area contributed by atoms with Crippen LogP contribution in [0.1, 0.15) is 41.6 Å². The maximum absolute atomic E-state index is 11.9. The molecule has 0 spiro atoms.